The van der Waals surface area contributed by atoms with Crippen molar-refractivity contribution in [2.45, 2.75) is 6.42 Å². The van der Waals surface area contributed by atoms with Crippen LogP contribution in [0, 0.1) is 0 Å². The average molecular weight is 426 g/mol. The molecule has 3 rings (SSSR count). The van der Waals surface area contributed by atoms with E-state index in [0.717, 1.165) is 31.7 Å². The lowest BCUT2D eigenvalue weighted by Crippen LogP contribution is -3.12. The molecule has 1 aromatic rings. The van der Waals surface area contributed by atoms with E-state index in [0.29, 0.717) is 14.2 Å². The smallest absolute Gasteiger partial charge is 0.266 e. The zero-order valence-electron chi connectivity index (χ0n) is 15.0. The van der Waals surface area contributed by atoms with Gasteiger partial charge in [0.05, 0.1) is 38.1 Å². The van der Waals surface area contributed by atoms with Gasteiger partial charge in [0.25, 0.3) is 5.91 Å². The van der Waals surface area contributed by atoms with Crippen molar-refractivity contribution in [3.8, 4) is 0 Å². The lowest BCUT2D eigenvalue weighted by atomic mass is 10.2. The summed E-state index contributed by atoms with van der Waals surface area (Å²) in [5.41, 5.74) is 3.80. The molecule has 2 heterocycles. The average Bonchev–Trinajstić information content (AvgIpc) is 2.90. The van der Waals surface area contributed by atoms with Crippen LogP contribution in [0.5, 0.6) is 0 Å². The maximum Gasteiger partial charge on any atom is 0.266 e. The summed E-state index contributed by atoms with van der Waals surface area (Å²) in [5.74, 6) is -0.249. The molecule has 2 fully saturated rings. The number of hydrogen-bond donors (Lipinski definition) is 2. The van der Waals surface area contributed by atoms with E-state index in [9.17, 15) is 9.59 Å². The number of halogens is 1. The minimum Gasteiger partial charge on any atom is -0.335 e. The van der Waals surface area contributed by atoms with E-state index in [2.05, 4.69) is 12.5 Å². The second-order valence-electron chi connectivity index (χ2n) is 6.61. The Hall–Kier alpha value is -1.45. The van der Waals surface area contributed by atoms with Crippen LogP contribution in [0.1, 0.15) is 12.0 Å². The normalized spacial score (nSPS) is 20.5. The number of benzene rings is 1. The van der Waals surface area contributed by atoms with Crippen LogP contribution in [0.4, 0.5) is 0 Å². The van der Waals surface area contributed by atoms with Crippen molar-refractivity contribution in [3.05, 3.63) is 39.8 Å². The molecule has 9 heteroatoms. The topological polar surface area (TPSA) is 57.1 Å². The lowest BCUT2D eigenvalue weighted by molar-refractivity contribution is -0.884. The zero-order chi connectivity index (χ0) is 19.4. The molecule has 2 aliphatic heterocycles. The monoisotopic (exact) mass is 425 g/mol. The number of hydrogen-bond acceptors (Lipinski definition) is 5. The SMILES string of the molecule is C[NH+]1CCN(NC(=O)CCN2C(=O)C(=Cc3ccc(Cl)cc3)SC2=S)CC1. The quantitative estimate of drug-likeness (QED) is 0.539. The number of carbonyl (C=O) groups is 2. The molecule has 2 amide bonds. The molecule has 27 heavy (non-hydrogen) atoms. The van der Waals surface area contributed by atoms with Gasteiger partial charge in [-0.25, -0.2) is 5.01 Å². The van der Waals surface area contributed by atoms with Crippen LogP contribution in [0.3, 0.4) is 0 Å². The number of piperazine rings is 1. The number of quaternary nitrogens is 1. The Kier molecular flexibility index (Phi) is 6.88. The molecule has 2 saturated heterocycles. The van der Waals surface area contributed by atoms with Crippen LogP contribution in [0.25, 0.3) is 6.08 Å². The van der Waals surface area contributed by atoms with Crippen LogP contribution >= 0.6 is 35.6 Å². The molecule has 1 aromatic carbocycles. The Morgan fingerprint density at radius 2 is 2.00 bits per heavy atom. The van der Waals surface area contributed by atoms with Crippen molar-refractivity contribution in [2.24, 2.45) is 0 Å². The summed E-state index contributed by atoms with van der Waals surface area (Å²) in [4.78, 5) is 28.3. The first-order chi connectivity index (χ1) is 12.9. The predicted octanol–water partition coefficient (Wildman–Crippen LogP) is 0.793. The minimum absolute atomic E-state index is 0.0923. The number of amides is 2. The Balaban J connectivity index is 1.53. The highest BCUT2D eigenvalue weighted by Gasteiger charge is 2.32. The van der Waals surface area contributed by atoms with Gasteiger partial charge in [-0.1, -0.05) is 47.7 Å². The van der Waals surface area contributed by atoms with Gasteiger partial charge in [-0.3, -0.25) is 19.9 Å². The Morgan fingerprint density at radius 3 is 2.67 bits per heavy atom. The van der Waals surface area contributed by atoms with Gasteiger partial charge in [0.2, 0.25) is 5.91 Å². The number of hydrazine groups is 1. The molecule has 0 saturated carbocycles. The molecule has 144 valence electrons. The van der Waals surface area contributed by atoms with Crippen LogP contribution < -0.4 is 10.3 Å². The third-order valence-electron chi connectivity index (χ3n) is 4.50. The highest BCUT2D eigenvalue weighted by atomic mass is 35.5. The molecule has 0 bridgehead atoms. The molecule has 0 spiro atoms. The van der Waals surface area contributed by atoms with E-state index < -0.39 is 0 Å². The first-order valence-electron chi connectivity index (χ1n) is 8.79. The molecule has 0 atom stereocenters. The number of thioether (sulfide) groups is 1. The van der Waals surface area contributed by atoms with Gasteiger partial charge in [0, 0.05) is 18.0 Å². The molecule has 6 nitrogen and oxygen atoms in total. The van der Waals surface area contributed by atoms with Crippen molar-refractivity contribution in [1.82, 2.24) is 15.3 Å². The zero-order valence-corrected chi connectivity index (χ0v) is 17.4. The van der Waals surface area contributed by atoms with Gasteiger partial charge in [-0.05, 0) is 23.8 Å². The molecular formula is C18H22ClN4O2S2+. The van der Waals surface area contributed by atoms with Gasteiger partial charge in [0.15, 0.2) is 0 Å². The van der Waals surface area contributed by atoms with Crippen molar-refractivity contribution in [3.63, 3.8) is 0 Å². The molecule has 2 N–H and O–H groups in total. The highest BCUT2D eigenvalue weighted by Crippen LogP contribution is 2.32. The first kappa shape index (κ1) is 20.3. The maximum absolute atomic E-state index is 12.6. The Bertz CT molecular complexity index is 761. The first-order valence-corrected chi connectivity index (χ1v) is 10.4. The van der Waals surface area contributed by atoms with Gasteiger partial charge in [0.1, 0.15) is 4.32 Å². The van der Waals surface area contributed by atoms with Gasteiger partial charge in [-0.2, -0.15) is 0 Å². The fraction of sp³-hybridized carbons (Fsp3) is 0.389. The van der Waals surface area contributed by atoms with Crippen molar-refractivity contribution in [1.29, 1.82) is 0 Å². The Labute approximate surface area is 173 Å². The van der Waals surface area contributed by atoms with Gasteiger partial charge >= 0.3 is 0 Å². The largest absolute Gasteiger partial charge is 0.335 e. The van der Waals surface area contributed by atoms with Crippen molar-refractivity contribution < 1.29 is 14.5 Å². The molecule has 2 aliphatic rings. The van der Waals surface area contributed by atoms with Crippen LogP contribution in [-0.4, -0.2) is 65.8 Å². The van der Waals surface area contributed by atoms with Crippen LogP contribution in [-0.2, 0) is 9.59 Å². The lowest BCUT2D eigenvalue weighted by Gasteiger charge is -2.30. The fourth-order valence-electron chi connectivity index (χ4n) is 2.85. The highest BCUT2D eigenvalue weighted by molar-refractivity contribution is 8.26. The molecule has 0 unspecified atom stereocenters. The third-order valence-corrected chi connectivity index (χ3v) is 6.13. The van der Waals surface area contributed by atoms with E-state index in [4.69, 9.17) is 23.8 Å². The fourth-order valence-corrected chi connectivity index (χ4v) is 4.28. The number of thiocarbonyl (C=S) groups is 1. The standard InChI is InChI=1S/C18H21ClN4O2S2/c1-21-8-10-22(11-9-21)20-16(24)6-7-23-17(25)15(27-18(23)26)12-13-2-4-14(19)5-3-13/h2-5,12H,6-11H2,1H3,(H,20,24)/p+1. The third kappa shape index (κ3) is 5.52. The van der Waals surface area contributed by atoms with Gasteiger partial charge < -0.3 is 4.90 Å². The van der Waals surface area contributed by atoms with E-state index in [-0.39, 0.29) is 24.8 Å². The minimum atomic E-state index is -0.157. The van der Waals surface area contributed by atoms with Crippen LogP contribution in [0.2, 0.25) is 5.02 Å². The Morgan fingerprint density at radius 1 is 1.33 bits per heavy atom. The summed E-state index contributed by atoms with van der Waals surface area (Å²) in [6.07, 6.45) is 2.02. The van der Waals surface area contributed by atoms with Gasteiger partial charge in [-0.15, -0.1) is 0 Å². The summed E-state index contributed by atoms with van der Waals surface area (Å²) >= 11 is 12.5. The van der Waals surface area contributed by atoms with Crippen LogP contribution in [0.15, 0.2) is 29.2 Å². The summed E-state index contributed by atoms with van der Waals surface area (Å²) < 4.78 is 0.483. The summed E-state index contributed by atoms with van der Waals surface area (Å²) in [7, 11) is 2.14. The van der Waals surface area contributed by atoms with Crippen molar-refractivity contribution >= 4 is 57.8 Å². The summed E-state index contributed by atoms with van der Waals surface area (Å²) in [6.45, 7) is 3.97. The second-order valence-corrected chi connectivity index (χ2v) is 8.73. The molecule has 0 aromatic heterocycles. The molecular weight excluding hydrogens is 404 g/mol. The number of nitrogens with zero attached hydrogens (tertiary/aromatic N) is 2. The summed E-state index contributed by atoms with van der Waals surface area (Å²) in [5, 5.41) is 2.59. The number of likely N-dealkylation sites (N-methyl/N-ethyl adjacent to an activating group) is 1. The van der Waals surface area contributed by atoms with E-state index in [1.165, 1.54) is 21.6 Å². The number of nitrogens with one attached hydrogen (secondary N) is 2. The molecule has 0 radical (unpaired) electrons. The molecule has 0 aliphatic carbocycles. The number of rotatable bonds is 5. The van der Waals surface area contributed by atoms with Crippen molar-refractivity contribution in [2.75, 3.05) is 39.8 Å². The maximum atomic E-state index is 12.6. The summed E-state index contributed by atoms with van der Waals surface area (Å²) in [6, 6.07) is 7.25. The van der Waals surface area contributed by atoms with E-state index in [1.54, 1.807) is 18.2 Å². The van der Waals surface area contributed by atoms with E-state index in [1.807, 2.05) is 17.1 Å². The predicted molar refractivity (Wildman–Crippen MR) is 112 cm³/mol. The number of carbonyl (C=O) groups excluding carboxylic acids is 2. The van der Waals surface area contributed by atoms with E-state index >= 15 is 0 Å². The second kappa shape index (κ2) is 9.16.